The molecule has 0 spiro atoms. The number of hydrogen-bond donors (Lipinski definition) is 0. The molecule has 4 rings (SSSR count). The number of amides is 1. The van der Waals surface area contributed by atoms with E-state index in [2.05, 4.69) is 11.4 Å². The predicted octanol–water partition coefficient (Wildman–Crippen LogP) is 2.38. The highest BCUT2D eigenvalue weighted by Crippen LogP contribution is 2.24. The van der Waals surface area contributed by atoms with Gasteiger partial charge >= 0.3 is 0 Å². The van der Waals surface area contributed by atoms with Crippen molar-refractivity contribution in [2.45, 2.75) is 25.9 Å². The lowest BCUT2D eigenvalue weighted by atomic mass is 10.1. The molecule has 1 amide bonds. The summed E-state index contributed by atoms with van der Waals surface area (Å²) in [6, 6.07) is 5.96. The molecular weight excluding hydrogens is 322 g/mol. The number of fused-ring (bicyclic) bond motifs is 2. The standard InChI is InChI=1S/C18H19N3O2S/c1-19-7-2-13-3-8-20(18(23)17(13)19)10-5-16(22)21-9-4-15-14(12-21)6-11-24-15/h2-3,6-8,11H,4-5,9-10,12H2,1H3. The highest BCUT2D eigenvalue weighted by atomic mass is 32.1. The Balaban J connectivity index is 1.47. The summed E-state index contributed by atoms with van der Waals surface area (Å²) in [5, 5.41) is 3.03. The van der Waals surface area contributed by atoms with E-state index in [0.29, 0.717) is 25.0 Å². The molecule has 1 aliphatic rings. The summed E-state index contributed by atoms with van der Waals surface area (Å²) in [6.07, 6.45) is 4.96. The Morgan fingerprint density at radius 1 is 1.25 bits per heavy atom. The maximum atomic E-state index is 12.5. The van der Waals surface area contributed by atoms with Crippen LogP contribution >= 0.6 is 11.3 Å². The van der Waals surface area contributed by atoms with E-state index in [-0.39, 0.29) is 11.5 Å². The molecule has 0 N–H and O–H groups in total. The van der Waals surface area contributed by atoms with Crippen molar-refractivity contribution in [3.8, 4) is 0 Å². The van der Waals surface area contributed by atoms with Gasteiger partial charge in [0.2, 0.25) is 5.91 Å². The first-order chi connectivity index (χ1) is 11.6. The normalized spacial score (nSPS) is 14.1. The van der Waals surface area contributed by atoms with Crippen molar-refractivity contribution < 1.29 is 4.79 Å². The molecule has 3 aromatic heterocycles. The zero-order valence-corrected chi connectivity index (χ0v) is 14.4. The lowest BCUT2D eigenvalue weighted by molar-refractivity contribution is -0.132. The van der Waals surface area contributed by atoms with Crippen LogP contribution in [-0.2, 0) is 31.4 Å². The zero-order valence-electron chi connectivity index (χ0n) is 13.6. The molecule has 1 aliphatic heterocycles. The Bertz CT molecular complexity index is 966. The van der Waals surface area contributed by atoms with E-state index < -0.39 is 0 Å². The molecule has 24 heavy (non-hydrogen) atoms. The number of thiophene rings is 1. The second kappa shape index (κ2) is 5.94. The first kappa shape index (κ1) is 15.2. The van der Waals surface area contributed by atoms with Gasteiger partial charge in [0.1, 0.15) is 5.52 Å². The Kier molecular flexibility index (Phi) is 3.76. The van der Waals surface area contributed by atoms with E-state index in [4.69, 9.17) is 0 Å². The number of pyridine rings is 1. The van der Waals surface area contributed by atoms with Crippen LogP contribution in [0.1, 0.15) is 16.9 Å². The number of nitrogens with zero attached hydrogens (tertiary/aromatic N) is 3. The summed E-state index contributed by atoms with van der Waals surface area (Å²) < 4.78 is 3.47. The monoisotopic (exact) mass is 341 g/mol. The van der Waals surface area contributed by atoms with Crippen molar-refractivity contribution >= 4 is 28.1 Å². The van der Waals surface area contributed by atoms with Crippen LogP contribution < -0.4 is 5.56 Å². The highest BCUT2D eigenvalue weighted by molar-refractivity contribution is 7.10. The Morgan fingerprint density at radius 2 is 2.08 bits per heavy atom. The van der Waals surface area contributed by atoms with Gasteiger partial charge in [0, 0.05) is 55.8 Å². The fraction of sp³-hybridized carbons (Fsp3) is 0.333. The van der Waals surface area contributed by atoms with Crippen molar-refractivity contribution in [2.75, 3.05) is 6.54 Å². The summed E-state index contributed by atoms with van der Waals surface area (Å²) >= 11 is 1.77. The smallest absolute Gasteiger partial charge is 0.275 e. The second-order valence-corrected chi connectivity index (χ2v) is 7.23. The van der Waals surface area contributed by atoms with Crippen molar-refractivity contribution in [1.82, 2.24) is 14.0 Å². The van der Waals surface area contributed by atoms with Crippen LogP contribution in [0.5, 0.6) is 0 Å². The number of hydrogen-bond acceptors (Lipinski definition) is 3. The molecule has 0 radical (unpaired) electrons. The van der Waals surface area contributed by atoms with Gasteiger partial charge in [0.25, 0.3) is 5.56 Å². The van der Waals surface area contributed by atoms with Gasteiger partial charge in [0.05, 0.1) is 0 Å². The number of rotatable bonds is 3. The lowest BCUT2D eigenvalue weighted by Crippen LogP contribution is -2.36. The zero-order chi connectivity index (χ0) is 16.7. The Labute approximate surface area is 143 Å². The fourth-order valence-electron chi connectivity index (χ4n) is 3.34. The average molecular weight is 341 g/mol. The van der Waals surface area contributed by atoms with Crippen molar-refractivity contribution in [1.29, 1.82) is 0 Å². The minimum absolute atomic E-state index is 0.0356. The van der Waals surface area contributed by atoms with Gasteiger partial charge in [-0.15, -0.1) is 11.3 Å². The van der Waals surface area contributed by atoms with Crippen molar-refractivity contribution in [3.05, 3.63) is 56.8 Å². The summed E-state index contributed by atoms with van der Waals surface area (Å²) in [7, 11) is 1.87. The minimum atomic E-state index is -0.0356. The average Bonchev–Trinajstić information content (AvgIpc) is 3.20. The summed E-state index contributed by atoms with van der Waals surface area (Å²) in [5.41, 5.74) is 1.92. The molecule has 0 fully saturated rings. The van der Waals surface area contributed by atoms with Crippen LogP contribution in [0.2, 0.25) is 0 Å². The van der Waals surface area contributed by atoms with E-state index in [9.17, 15) is 9.59 Å². The maximum absolute atomic E-state index is 12.5. The molecule has 124 valence electrons. The van der Waals surface area contributed by atoms with Gasteiger partial charge in [-0.05, 0) is 35.6 Å². The predicted molar refractivity (Wildman–Crippen MR) is 95.2 cm³/mol. The SMILES string of the molecule is Cn1ccc2ccn(CCC(=O)N3CCc4sccc4C3)c(=O)c21. The molecular formula is C18H19N3O2S. The van der Waals surface area contributed by atoms with Crippen LogP contribution in [0, 0.1) is 0 Å². The van der Waals surface area contributed by atoms with Crippen molar-refractivity contribution in [2.24, 2.45) is 7.05 Å². The van der Waals surface area contributed by atoms with E-state index in [1.54, 1.807) is 22.1 Å². The van der Waals surface area contributed by atoms with Crippen LogP contribution in [0.4, 0.5) is 0 Å². The van der Waals surface area contributed by atoms with Crippen LogP contribution in [0.25, 0.3) is 10.9 Å². The first-order valence-corrected chi connectivity index (χ1v) is 8.99. The van der Waals surface area contributed by atoms with E-state index in [1.807, 2.05) is 34.8 Å². The first-order valence-electron chi connectivity index (χ1n) is 8.11. The van der Waals surface area contributed by atoms with Crippen LogP contribution in [0.15, 0.2) is 40.8 Å². The summed E-state index contributed by atoms with van der Waals surface area (Å²) in [5.74, 6) is 0.116. The number of carbonyl (C=O) groups is 1. The van der Waals surface area contributed by atoms with Gasteiger partial charge in [-0.25, -0.2) is 0 Å². The molecule has 0 aromatic carbocycles. The fourth-order valence-corrected chi connectivity index (χ4v) is 4.23. The third-order valence-electron chi connectivity index (χ3n) is 4.73. The van der Waals surface area contributed by atoms with Gasteiger partial charge in [-0.2, -0.15) is 0 Å². The molecule has 5 nitrogen and oxygen atoms in total. The quantitative estimate of drug-likeness (QED) is 0.734. The number of carbonyl (C=O) groups excluding carboxylic acids is 1. The molecule has 4 heterocycles. The van der Waals surface area contributed by atoms with Gasteiger partial charge in [-0.1, -0.05) is 0 Å². The molecule has 0 unspecified atom stereocenters. The largest absolute Gasteiger partial charge is 0.346 e. The second-order valence-electron chi connectivity index (χ2n) is 6.23. The third-order valence-corrected chi connectivity index (χ3v) is 5.75. The molecule has 3 aromatic rings. The summed E-state index contributed by atoms with van der Waals surface area (Å²) in [6.45, 7) is 1.90. The Hall–Kier alpha value is -2.34. The molecule has 0 bridgehead atoms. The number of aromatic nitrogens is 2. The maximum Gasteiger partial charge on any atom is 0.275 e. The van der Waals surface area contributed by atoms with Gasteiger partial charge in [-0.3, -0.25) is 9.59 Å². The number of aryl methyl sites for hydroxylation is 2. The minimum Gasteiger partial charge on any atom is -0.346 e. The Morgan fingerprint density at radius 3 is 2.96 bits per heavy atom. The lowest BCUT2D eigenvalue weighted by Gasteiger charge is -2.27. The van der Waals surface area contributed by atoms with Crippen LogP contribution in [0.3, 0.4) is 0 Å². The molecule has 6 heteroatoms. The van der Waals surface area contributed by atoms with E-state index in [0.717, 1.165) is 18.4 Å². The van der Waals surface area contributed by atoms with Crippen molar-refractivity contribution in [3.63, 3.8) is 0 Å². The topological polar surface area (TPSA) is 47.2 Å². The van der Waals surface area contributed by atoms with E-state index >= 15 is 0 Å². The molecule has 0 aliphatic carbocycles. The molecule has 0 saturated carbocycles. The third kappa shape index (κ3) is 2.57. The summed E-state index contributed by atoms with van der Waals surface area (Å²) in [4.78, 5) is 28.3. The van der Waals surface area contributed by atoms with Crippen LogP contribution in [-0.4, -0.2) is 26.5 Å². The van der Waals surface area contributed by atoms with E-state index in [1.165, 1.54) is 10.4 Å². The van der Waals surface area contributed by atoms with Gasteiger partial charge in [0.15, 0.2) is 0 Å². The highest BCUT2D eigenvalue weighted by Gasteiger charge is 2.21. The molecule has 0 atom stereocenters. The van der Waals surface area contributed by atoms with Gasteiger partial charge < -0.3 is 14.0 Å². The molecule has 0 saturated heterocycles.